The van der Waals surface area contributed by atoms with Crippen molar-refractivity contribution in [2.24, 2.45) is 5.92 Å². The SMILES string of the molecule is CCCCCCP(CCC(CC)CCCC)C1C=CC=CC1(F)c1ccccc1. The molecule has 1 aromatic rings. The van der Waals surface area contributed by atoms with E-state index in [4.69, 9.17) is 0 Å². The van der Waals surface area contributed by atoms with Gasteiger partial charge in [0.25, 0.3) is 0 Å². The van der Waals surface area contributed by atoms with E-state index >= 15 is 4.39 Å². The maximum atomic E-state index is 16.5. The average molecular weight is 417 g/mol. The van der Waals surface area contributed by atoms with Gasteiger partial charge in [0, 0.05) is 5.66 Å². The summed E-state index contributed by atoms with van der Waals surface area (Å²) in [5, 5.41) is 0. The van der Waals surface area contributed by atoms with Gasteiger partial charge in [-0.1, -0.05) is 122 Å². The Morgan fingerprint density at radius 1 is 0.897 bits per heavy atom. The van der Waals surface area contributed by atoms with Gasteiger partial charge in [-0.2, -0.15) is 0 Å². The van der Waals surface area contributed by atoms with Crippen molar-refractivity contribution in [1.29, 1.82) is 0 Å². The molecule has 0 bridgehead atoms. The van der Waals surface area contributed by atoms with Gasteiger partial charge >= 0.3 is 0 Å². The first-order valence-electron chi connectivity index (χ1n) is 12.0. The summed E-state index contributed by atoms with van der Waals surface area (Å²) in [6.07, 6.45) is 22.0. The van der Waals surface area contributed by atoms with Crippen molar-refractivity contribution >= 4 is 7.92 Å². The normalized spacial score (nSPS) is 23.2. The minimum atomic E-state index is -1.35. The molecule has 2 heteroatoms. The first kappa shape index (κ1) is 24.3. The molecule has 162 valence electrons. The summed E-state index contributed by atoms with van der Waals surface area (Å²) < 4.78 is 16.5. The van der Waals surface area contributed by atoms with Gasteiger partial charge in [-0.05, 0) is 42.7 Å². The molecule has 2 rings (SSSR count). The highest BCUT2D eigenvalue weighted by molar-refractivity contribution is 7.58. The van der Waals surface area contributed by atoms with Crippen LogP contribution >= 0.6 is 7.92 Å². The number of unbranched alkanes of at least 4 members (excludes halogenated alkanes) is 4. The molecule has 1 aliphatic rings. The molecule has 0 nitrogen and oxygen atoms in total. The number of benzene rings is 1. The molecule has 0 aromatic heterocycles. The number of allylic oxidation sites excluding steroid dienone is 4. The van der Waals surface area contributed by atoms with Crippen LogP contribution in [0.25, 0.3) is 0 Å². The predicted octanol–water partition coefficient (Wildman–Crippen LogP) is 9.01. The van der Waals surface area contributed by atoms with Crippen LogP contribution < -0.4 is 0 Å². The molecule has 0 heterocycles. The van der Waals surface area contributed by atoms with Crippen LogP contribution in [0, 0.1) is 5.92 Å². The summed E-state index contributed by atoms with van der Waals surface area (Å²) in [7, 11) is -0.373. The summed E-state index contributed by atoms with van der Waals surface area (Å²) in [4.78, 5) is 0. The molecule has 4 atom stereocenters. The highest BCUT2D eigenvalue weighted by Gasteiger charge is 2.42. The molecule has 1 aliphatic carbocycles. The van der Waals surface area contributed by atoms with E-state index in [1.165, 1.54) is 70.1 Å². The molecule has 0 N–H and O–H groups in total. The fourth-order valence-electron chi connectivity index (χ4n) is 4.48. The van der Waals surface area contributed by atoms with Crippen molar-refractivity contribution in [3.63, 3.8) is 0 Å². The smallest absolute Gasteiger partial charge is 0.164 e. The average Bonchev–Trinajstić information content (AvgIpc) is 2.76. The Hall–Kier alpha value is -0.940. The third-order valence-electron chi connectivity index (χ3n) is 6.45. The third-order valence-corrected chi connectivity index (χ3v) is 9.51. The first-order chi connectivity index (χ1) is 14.2. The second-order valence-electron chi connectivity index (χ2n) is 8.62. The monoisotopic (exact) mass is 416 g/mol. The van der Waals surface area contributed by atoms with E-state index in [1.807, 2.05) is 42.5 Å². The van der Waals surface area contributed by atoms with Gasteiger partial charge in [0.15, 0.2) is 5.67 Å². The van der Waals surface area contributed by atoms with E-state index in [0.717, 1.165) is 11.5 Å². The fraction of sp³-hybridized carbons (Fsp3) is 0.630. The highest BCUT2D eigenvalue weighted by atomic mass is 31.1. The number of hydrogen-bond donors (Lipinski definition) is 0. The zero-order chi connectivity index (χ0) is 21.0. The van der Waals surface area contributed by atoms with Gasteiger partial charge < -0.3 is 0 Å². The molecule has 0 radical (unpaired) electrons. The summed E-state index contributed by atoms with van der Waals surface area (Å²) in [6.45, 7) is 6.87. The van der Waals surface area contributed by atoms with Crippen LogP contribution in [0.3, 0.4) is 0 Å². The number of rotatable bonds is 14. The minimum absolute atomic E-state index is 0.00945. The Morgan fingerprint density at radius 2 is 1.66 bits per heavy atom. The van der Waals surface area contributed by atoms with Crippen LogP contribution in [0.1, 0.15) is 84.1 Å². The van der Waals surface area contributed by atoms with Gasteiger partial charge in [-0.25, -0.2) is 4.39 Å². The lowest BCUT2D eigenvalue weighted by molar-refractivity contribution is 0.240. The quantitative estimate of drug-likeness (QED) is 0.210. The summed E-state index contributed by atoms with van der Waals surface area (Å²) >= 11 is 0. The molecule has 0 amide bonds. The predicted molar refractivity (Wildman–Crippen MR) is 130 cm³/mol. The van der Waals surface area contributed by atoms with E-state index < -0.39 is 5.67 Å². The van der Waals surface area contributed by atoms with Gasteiger partial charge in [0.1, 0.15) is 0 Å². The van der Waals surface area contributed by atoms with Crippen molar-refractivity contribution in [3.8, 4) is 0 Å². The molecular formula is C27H42FP. The lowest BCUT2D eigenvalue weighted by Crippen LogP contribution is -2.33. The molecule has 0 fully saturated rings. The van der Waals surface area contributed by atoms with Crippen molar-refractivity contribution in [2.75, 3.05) is 12.3 Å². The molecule has 1 aromatic carbocycles. The van der Waals surface area contributed by atoms with E-state index in [1.54, 1.807) is 0 Å². The van der Waals surface area contributed by atoms with Crippen LogP contribution in [-0.4, -0.2) is 18.0 Å². The Morgan fingerprint density at radius 3 is 2.34 bits per heavy atom. The molecular weight excluding hydrogens is 374 g/mol. The molecule has 0 aliphatic heterocycles. The Bertz CT molecular complexity index is 608. The Kier molecular flexibility index (Phi) is 11.2. The lowest BCUT2D eigenvalue weighted by atomic mass is 9.89. The Balaban J connectivity index is 2.16. The number of halogens is 1. The van der Waals surface area contributed by atoms with Crippen LogP contribution in [0.15, 0.2) is 54.6 Å². The standard InChI is InChI=1S/C27H42FP/c1-4-7-9-15-22-29(23-20-24(6-3)16-8-5-2)26-19-13-14-21-27(26,28)25-17-11-10-12-18-25/h10-14,17-19,21,24,26H,4-9,15-16,20,22-23H2,1-3H3. The van der Waals surface area contributed by atoms with Crippen LogP contribution in [0.5, 0.6) is 0 Å². The highest BCUT2D eigenvalue weighted by Crippen LogP contribution is 2.55. The van der Waals surface area contributed by atoms with Crippen molar-refractivity contribution in [3.05, 3.63) is 60.2 Å². The second-order valence-corrected chi connectivity index (χ2v) is 11.3. The van der Waals surface area contributed by atoms with Crippen molar-refractivity contribution < 1.29 is 4.39 Å². The zero-order valence-corrected chi connectivity index (χ0v) is 19.8. The van der Waals surface area contributed by atoms with Crippen LogP contribution in [0.4, 0.5) is 4.39 Å². The van der Waals surface area contributed by atoms with Gasteiger partial charge in [-0.3, -0.25) is 0 Å². The maximum Gasteiger partial charge on any atom is 0.164 e. The fourth-order valence-corrected chi connectivity index (χ4v) is 7.69. The van der Waals surface area contributed by atoms with Crippen molar-refractivity contribution in [2.45, 2.75) is 89.9 Å². The van der Waals surface area contributed by atoms with Gasteiger partial charge in [0.2, 0.25) is 0 Å². The van der Waals surface area contributed by atoms with E-state index in [9.17, 15) is 0 Å². The lowest BCUT2D eigenvalue weighted by Gasteiger charge is -2.38. The third kappa shape index (κ3) is 7.36. The van der Waals surface area contributed by atoms with Crippen molar-refractivity contribution in [1.82, 2.24) is 0 Å². The maximum absolute atomic E-state index is 16.5. The zero-order valence-electron chi connectivity index (χ0n) is 19.0. The summed E-state index contributed by atoms with van der Waals surface area (Å²) in [6, 6.07) is 9.87. The summed E-state index contributed by atoms with van der Waals surface area (Å²) in [5.41, 5.74) is -0.516. The van der Waals surface area contributed by atoms with Crippen LogP contribution in [0.2, 0.25) is 0 Å². The molecule has 4 unspecified atom stereocenters. The van der Waals surface area contributed by atoms with E-state index in [2.05, 4.69) is 32.9 Å². The minimum Gasteiger partial charge on any atom is -0.233 e. The number of alkyl halides is 1. The number of hydrogen-bond acceptors (Lipinski definition) is 0. The van der Waals surface area contributed by atoms with E-state index in [-0.39, 0.29) is 13.6 Å². The topological polar surface area (TPSA) is 0 Å². The molecule has 0 saturated carbocycles. The van der Waals surface area contributed by atoms with Crippen LogP contribution in [-0.2, 0) is 5.67 Å². The largest absolute Gasteiger partial charge is 0.233 e. The Labute approximate surface area is 180 Å². The molecule has 0 spiro atoms. The second kappa shape index (κ2) is 13.4. The van der Waals surface area contributed by atoms with E-state index in [0.29, 0.717) is 0 Å². The van der Waals surface area contributed by atoms with Gasteiger partial charge in [0.05, 0.1) is 0 Å². The van der Waals surface area contributed by atoms with Gasteiger partial charge in [-0.15, -0.1) is 0 Å². The molecule has 29 heavy (non-hydrogen) atoms. The first-order valence-corrected chi connectivity index (χ1v) is 13.8. The molecule has 0 saturated heterocycles. The summed E-state index contributed by atoms with van der Waals surface area (Å²) in [5.74, 6) is 0.810.